The van der Waals surface area contributed by atoms with Gasteiger partial charge in [-0.1, -0.05) is 36.4 Å². The Morgan fingerprint density at radius 1 is 0.488 bits per heavy atom. The van der Waals surface area contributed by atoms with Crippen molar-refractivity contribution in [2.24, 2.45) is 14.1 Å². The fraction of sp³-hybridized carbons (Fsp3) is 0.467. The molecule has 2 aromatic carbocycles. The fourth-order valence-corrected chi connectivity index (χ4v) is 11.1. The number of nitrogens with zero attached hydrogens (tertiary/aromatic N) is 12. The Balaban J connectivity index is 0.000000140. The van der Waals surface area contributed by atoms with Crippen molar-refractivity contribution in [2.75, 3.05) is 10.6 Å². The van der Waals surface area contributed by atoms with Crippen molar-refractivity contribution in [1.82, 2.24) is 59.1 Å². The van der Waals surface area contributed by atoms with Gasteiger partial charge in [-0.2, -0.15) is 20.4 Å². The average molecular weight is 1250 g/mol. The number of anilines is 4. The van der Waals surface area contributed by atoms with Crippen LogP contribution in [0.1, 0.15) is 119 Å². The van der Waals surface area contributed by atoms with E-state index in [1.54, 1.807) is 0 Å². The molecular weight excluding hydrogens is 1170 g/mol. The molecule has 9 heterocycles. The first-order chi connectivity index (χ1) is 39.6. The standard InChI is InChI=1S/C27H32BN7O2.C21H20IN7.C12H24B2O4/c1-7-35-15-14-21(33-35)30-25-29-16-18-10-13-20-22(23(18)31-25)24(34(6)32-20)17-8-11-19(12-9-17)28-36-26(2,3)27(4,5)37-28;1-3-29-11-10-17(27-29)24-21-23-12-14-6-9-16-18(19(14)25-21)20(28(2)26-16)13-4-7-15(22)8-5-13;1-9(2)10(3,4)16-13(15-9)14-17-11(5,6)12(7,8)18-14/h8-9,11-12,14-16H,7,10,13H2,1-6H3,(H,29,30,31,33);4-5,7-8,10-12H,3,6,9H2,1-2H3,(H,23,24,25,27);1-8H3. The molecule has 8 aromatic rings. The van der Waals surface area contributed by atoms with E-state index in [-0.39, 0.29) is 33.6 Å². The molecule has 0 radical (unpaired) electrons. The summed E-state index contributed by atoms with van der Waals surface area (Å²) in [6.07, 6.45) is 11.2. The van der Waals surface area contributed by atoms with E-state index >= 15 is 0 Å². The zero-order chi connectivity index (χ0) is 59.9. The third kappa shape index (κ3) is 11.4. The highest BCUT2D eigenvalue weighted by Gasteiger charge is 2.64. The maximum Gasteiger partial charge on any atom is 0.494 e. The second kappa shape index (κ2) is 22.2. The van der Waals surface area contributed by atoms with Crippen molar-refractivity contribution in [3.63, 3.8) is 0 Å². The van der Waals surface area contributed by atoms with Crippen LogP contribution in [0.3, 0.4) is 0 Å². The molecule has 0 saturated carbocycles. The Morgan fingerprint density at radius 2 is 0.857 bits per heavy atom. The molecular formula is C60H76B3IN14O6. The summed E-state index contributed by atoms with van der Waals surface area (Å²) in [5.41, 5.74) is 11.6. The minimum absolute atomic E-state index is 0.360. The second-order valence-electron chi connectivity index (χ2n) is 25.1. The monoisotopic (exact) mass is 1250 g/mol. The van der Waals surface area contributed by atoms with Gasteiger partial charge in [0.2, 0.25) is 11.9 Å². The van der Waals surface area contributed by atoms with Gasteiger partial charge in [0.05, 0.1) is 67.8 Å². The predicted molar refractivity (Wildman–Crippen MR) is 337 cm³/mol. The van der Waals surface area contributed by atoms with Crippen molar-refractivity contribution in [3.05, 3.63) is 112 Å². The Kier molecular flexibility index (Phi) is 15.7. The second-order valence-corrected chi connectivity index (χ2v) is 26.3. The summed E-state index contributed by atoms with van der Waals surface area (Å²) in [5, 5.41) is 25.1. The Hall–Kier alpha value is -6.28. The van der Waals surface area contributed by atoms with Gasteiger partial charge in [-0.25, -0.2) is 19.9 Å². The van der Waals surface area contributed by atoms with Crippen LogP contribution in [0.15, 0.2) is 85.5 Å². The summed E-state index contributed by atoms with van der Waals surface area (Å²) >= 11 is 2.33. The molecule has 0 amide bonds. The summed E-state index contributed by atoms with van der Waals surface area (Å²) in [5.74, 6) is 2.55. The lowest BCUT2D eigenvalue weighted by Gasteiger charge is -2.32. The normalized spacial score (nSPS) is 18.9. The summed E-state index contributed by atoms with van der Waals surface area (Å²) in [6.45, 7) is 30.2. The zero-order valence-corrected chi connectivity index (χ0v) is 53.4. The molecule has 84 heavy (non-hydrogen) atoms. The Bertz CT molecular complexity index is 3640. The van der Waals surface area contributed by atoms with Crippen molar-refractivity contribution >= 4 is 72.7 Å². The van der Waals surface area contributed by atoms with Crippen LogP contribution in [0.5, 0.6) is 0 Å². The molecule has 3 aliphatic heterocycles. The largest absolute Gasteiger partial charge is 0.494 e. The van der Waals surface area contributed by atoms with E-state index in [0.29, 0.717) is 11.9 Å². The first-order valence-electron chi connectivity index (χ1n) is 29.0. The first kappa shape index (κ1) is 59.5. The molecule has 0 bridgehead atoms. The number of nitrogens with one attached hydrogen (secondary N) is 2. The molecule has 13 rings (SSSR count). The van der Waals surface area contributed by atoms with Gasteiger partial charge in [0.15, 0.2) is 11.6 Å². The summed E-state index contributed by atoms with van der Waals surface area (Å²) in [7, 11) is 2.65. The van der Waals surface area contributed by atoms with Gasteiger partial charge < -0.3 is 38.6 Å². The van der Waals surface area contributed by atoms with E-state index in [0.717, 1.165) is 123 Å². The highest BCUT2D eigenvalue weighted by Crippen LogP contribution is 2.45. The highest BCUT2D eigenvalue weighted by atomic mass is 127. The molecule has 0 unspecified atom stereocenters. The van der Waals surface area contributed by atoms with Crippen molar-refractivity contribution in [3.8, 4) is 45.0 Å². The molecule has 2 aliphatic carbocycles. The van der Waals surface area contributed by atoms with E-state index in [1.807, 2.05) is 125 Å². The summed E-state index contributed by atoms with van der Waals surface area (Å²) < 4.78 is 45.2. The average Bonchev–Trinajstić information content (AvgIpc) is 1.88. The predicted octanol–water partition coefficient (Wildman–Crippen LogP) is 10.4. The number of benzene rings is 2. The van der Waals surface area contributed by atoms with Gasteiger partial charge in [0, 0.05) is 89.9 Å². The van der Waals surface area contributed by atoms with Gasteiger partial charge in [-0.3, -0.25) is 18.7 Å². The number of halogens is 1. The zero-order valence-electron chi connectivity index (χ0n) is 51.3. The van der Waals surface area contributed by atoms with Crippen LogP contribution in [0.25, 0.3) is 45.0 Å². The minimum atomic E-state index is -0.476. The SMILES string of the molecule is CC1(C)OB(B2OC(C)(C)C(C)(C)O2)OC1(C)C.CCn1ccc(Nc2ncc3c(n2)-c2c(nn(C)c2-c2ccc(B4OC(C)(C)C(C)(C)O4)cc2)CC3)n1.CCn1ccc(Nc2ncc3c(n2)-c2c(nn(C)c2-c2ccc(I)cc2)CC3)n1. The molecule has 0 atom stereocenters. The third-order valence-corrected chi connectivity index (χ3v) is 18.4. The van der Waals surface area contributed by atoms with Crippen LogP contribution in [-0.2, 0) is 80.8 Å². The van der Waals surface area contributed by atoms with Crippen molar-refractivity contribution in [1.29, 1.82) is 0 Å². The van der Waals surface area contributed by atoms with E-state index < -0.39 is 21.1 Å². The van der Waals surface area contributed by atoms with Crippen LogP contribution in [-0.4, -0.2) is 114 Å². The lowest BCUT2D eigenvalue weighted by Crippen LogP contribution is -2.41. The van der Waals surface area contributed by atoms with Crippen molar-refractivity contribution < 1.29 is 27.9 Å². The first-order valence-corrected chi connectivity index (χ1v) is 30.1. The van der Waals surface area contributed by atoms with Crippen LogP contribution >= 0.6 is 22.6 Å². The molecule has 3 saturated heterocycles. The topological polar surface area (TPSA) is 202 Å². The number of rotatable bonds is 10. The molecule has 5 aliphatic rings. The number of aromatic nitrogens is 12. The number of fused-ring (bicyclic) bond motifs is 6. The van der Waals surface area contributed by atoms with E-state index in [9.17, 15) is 0 Å². The maximum absolute atomic E-state index is 6.24. The van der Waals surface area contributed by atoms with Crippen molar-refractivity contribution in [2.45, 2.75) is 169 Å². The molecule has 438 valence electrons. The number of aryl methyl sites for hydroxylation is 8. The molecule has 3 fully saturated rings. The van der Waals surface area contributed by atoms with E-state index in [2.05, 4.69) is 143 Å². The molecule has 2 N–H and O–H groups in total. The van der Waals surface area contributed by atoms with Crippen LogP contribution < -0.4 is 16.1 Å². The Morgan fingerprint density at radius 3 is 1.23 bits per heavy atom. The number of hydrogen-bond acceptors (Lipinski definition) is 16. The lowest BCUT2D eigenvalue weighted by molar-refractivity contribution is 0.00578. The van der Waals surface area contributed by atoms with Gasteiger partial charge in [0.25, 0.3) is 0 Å². The molecule has 20 nitrogen and oxygen atoms in total. The Labute approximate surface area is 507 Å². The lowest BCUT2D eigenvalue weighted by atomic mass is 9.49. The molecule has 6 aromatic heterocycles. The minimum Gasteiger partial charge on any atom is -0.405 e. The maximum atomic E-state index is 6.24. The summed E-state index contributed by atoms with van der Waals surface area (Å²) in [4.78, 5) is 18.9. The van der Waals surface area contributed by atoms with Gasteiger partial charge >= 0.3 is 21.1 Å². The smallest absolute Gasteiger partial charge is 0.405 e. The quantitative estimate of drug-likeness (QED) is 0.0966. The van der Waals surface area contributed by atoms with Crippen LogP contribution in [0, 0.1) is 3.57 Å². The molecule has 24 heteroatoms. The van der Waals surface area contributed by atoms with Gasteiger partial charge in [-0.05, 0) is 174 Å². The van der Waals surface area contributed by atoms with Gasteiger partial charge in [0.1, 0.15) is 0 Å². The van der Waals surface area contributed by atoms with E-state index in [1.165, 1.54) is 3.57 Å². The van der Waals surface area contributed by atoms with Gasteiger partial charge in [-0.15, -0.1) is 0 Å². The fourth-order valence-electron chi connectivity index (χ4n) is 10.7. The number of hydrogen-bond donors (Lipinski definition) is 2. The van der Waals surface area contributed by atoms with E-state index in [4.69, 9.17) is 48.1 Å². The van der Waals surface area contributed by atoms with Crippen LogP contribution in [0.2, 0.25) is 0 Å². The third-order valence-electron chi connectivity index (χ3n) is 17.7. The molecule has 0 spiro atoms. The highest BCUT2D eigenvalue weighted by molar-refractivity contribution is 14.1. The van der Waals surface area contributed by atoms with Crippen LogP contribution in [0.4, 0.5) is 23.5 Å². The summed E-state index contributed by atoms with van der Waals surface area (Å²) in [6, 6.07) is 20.8.